The Morgan fingerprint density at radius 3 is 2.27 bits per heavy atom. The van der Waals surface area contributed by atoms with Crippen LogP contribution < -0.4 is 14.5 Å². The Hall–Kier alpha value is -4.73. The van der Waals surface area contributed by atoms with E-state index in [4.69, 9.17) is 16.3 Å². The van der Waals surface area contributed by atoms with Gasteiger partial charge in [-0.25, -0.2) is 4.90 Å². The SMILES string of the molecule is COc1ccc([C@H]2C3=CC[C@@H]4C(=O)N(c5ccc(Br)cc5)C(=O)[C@@H]4[C@@H]3C[C@H]3C(=O)N(c4cccc(Cl)c4)C(=O)[C@@]23c2ccccc2)c(O)c1. The third-order valence-corrected chi connectivity index (χ3v) is 11.6. The summed E-state index contributed by atoms with van der Waals surface area (Å²) >= 11 is 9.81. The predicted molar refractivity (Wildman–Crippen MR) is 187 cm³/mol. The molecule has 2 aliphatic carbocycles. The average molecular weight is 738 g/mol. The number of methoxy groups -OCH3 is 1. The number of fused-ring (bicyclic) bond motifs is 4. The van der Waals surface area contributed by atoms with E-state index in [2.05, 4.69) is 15.9 Å². The van der Waals surface area contributed by atoms with Crippen molar-refractivity contribution in [3.63, 3.8) is 0 Å². The second-order valence-corrected chi connectivity index (χ2v) is 14.4. The summed E-state index contributed by atoms with van der Waals surface area (Å²) in [5, 5.41) is 12.0. The molecule has 4 aliphatic rings. The molecule has 6 atom stereocenters. The zero-order chi connectivity index (χ0) is 34.2. The maximum atomic E-state index is 15.3. The molecule has 4 aromatic rings. The quantitative estimate of drug-likeness (QED) is 0.172. The number of imide groups is 2. The van der Waals surface area contributed by atoms with Crippen molar-refractivity contribution in [2.24, 2.45) is 23.7 Å². The van der Waals surface area contributed by atoms with E-state index < -0.39 is 46.8 Å². The number of carbonyl (C=O) groups is 4. The van der Waals surface area contributed by atoms with Crippen molar-refractivity contribution in [3.05, 3.63) is 129 Å². The van der Waals surface area contributed by atoms with E-state index in [1.807, 2.05) is 36.4 Å². The summed E-state index contributed by atoms with van der Waals surface area (Å²) in [5.74, 6) is -4.88. The molecule has 0 bridgehead atoms. The minimum atomic E-state index is -1.49. The summed E-state index contributed by atoms with van der Waals surface area (Å²) < 4.78 is 6.22. The van der Waals surface area contributed by atoms with E-state index in [-0.39, 0.29) is 30.4 Å². The van der Waals surface area contributed by atoms with Crippen LogP contribution in [0.25, 0.3) is 0 Å². The van der Waals surface area contributed by atoms with Crippen molar-refractivity contribution in [2.75, 3.05) is 16.9 Å². The van der Waals surface area contributed by atoms with Gasteiger partial charge in [0.25, 0.3) is 0 Å². The first-order chi connectivity index (χ1) is 23.7. The van der Waals surface area contributed by atoms with Crippen molar-refractivity contribution >= 4 is 62.5 Å². The number of hydrogen-bond acceptors (Lipinski definition) is 6. The van der Waals surface area contributed by atoms with Gasteiger partial charge in [0.2, 0.25) is 23.6 Å². The number of rotatable bonds is 5. The molecule has 10 heteroatoms. The second kappa shape index (κ2) is 11.7. The summed E-state index contributed by atoms with van der Waals surface area (Å²) in [5.41, 5.74) is 1.14. The molecule has 4 aromatic carbocycles. The highest BCUT2D eigenvalue weighted by atomic mass is 79.9. The van der Waals surface area contributed by atoms with Gasteiger partial charge in [0, 0.05) is 27.0 Å². The van der Waals surface area contributed by atoms with Gasteiger partial charge in [-0.1, -0.05) is 81.6 Å². The van der Waals surface area contributed by atoms with Gasteiger partial charge in [-0.3, -0.25) is 24.1 Å². The summed E-state index contributed by atoms with van der Waals surface area (Å²) in [6, 6.07) is 27.8. The van der Waals surface area contributed by atoms with E-state index in [1.165, 1.54) is 23.0 Å². The average Bonchev–Trinajstić information content (AvgIpc) is 3.50. The van der Waals surface area contributed by atoms with Crippen molar-refractivity contribution in [2.45, 2.75) is 24.2 Å². The smallest absolute Gasteiger partial charge is 0.246 e. The standard InChI is InChI=1S/C39H30BrClN2O6/c1-49-26-14-15-28(32(44)19-26)34-27-16-17-29-33(37(47)42(35(29)45)24-12-10-22(40)11-13-24)30(27)20-31-36(46)43(25-9-5-8-23(41)18-25)38(48)39(31,34)21-6-3-2-4-7-21/h2-16,18-19,29-31,33-34,44H,17,20H2,1H3/t29-,30+,31-,33-,34+,39+/m0/s1. The fourth-order valence-corrected chi connectivity index (χ4v) is 9.28. The summed E-state index contributed by atoms with van der Waals surface area (Å²) in [7, 11) is 1.50. The fraction of sp³-hybridized carbons (Fsp3) is 0.231. The molecular weight excluding hydrogens is 708 g/mol. The number of anilines is 2. The van der Waals surface area contributed by atoms with Crippen LogP contribution in [0, 0.1) is 23.7 Å². The maximum Gasteiger partial charge on any atom is 0.246 e. The number of allylic oxidation sites excluding steroid dienone is 2. The van der Waals surface area contributed by atoms with Crippen LogP contribution in [0.5, 0.6) is 11.5 Å². The normalized spacial score (nSPS) is 27.5. The summed E-state index contributed by atoms with van der Waals surface area (Å²) in [6.07, 6.45) is 2.40. The first kappa shape index (κ1) is 31.5. The van der Waals surface area contributed by atoms with Gasteiger partial charge in [0.05, 0.1) is 41.7 Å². The topological polar surface area (TPSA) is 104 Å². The van der Waals surface area contributed by atoms with Crippen LogP contribution in [0.15, 0.2) is 113 Å². The first-order valence-corrected chi connectivity index (χ1v) is 17.2. The monoisotopic (exact) mass is 736 g/mol. The van der Waals surface area contributed by atoms with Crippen molar-refractivity contribution in [1.29, 1.82) is 0 Å². The lowest BCUT2D eigenvalue weighted by molar-refractivity contribution is -0.127. The molecule has 0 radical (unpaired) electrons. The molecule has 8 rings (SSSR count). The number of phenolic OH excluding ortho intramolecular Hbond substituents is 1. The molecule has 8 nitrogen and oxygen atoms in total. The molecule has 4 amide bonds. The number of hydrogen-bond donors (Lipinski definition) is 1. The number of aromatic hydroxyl groups is 1. The highest BCUT2D eigenvalue weighted by molar-refractivity contribution is 9.10. The number of carbonyl (C=O) groups excluding carboxylic acids is 4. The Balaban J connectivity index is 1.36. The minimum absolute atomic E-state index is 0.103. The molecule has 2 aliphatic heterocycles. The third-order valence-electron chi connectivity index (χ3n) is 10.8. The maximum absolute atomic E-state index is 15.3. The van der Waals surface area contributed by atoms with Gasteiger partial charge < -0.3 is 9.84 Å². The van der Waals surface area contributed by atoms with Gasteiger partial charge in [-0.05, 0) is 72.9 Å². The number of phenols is 1. The Labute approximate surface area is 296 Å². The van der Waals surface area contributed by atoms with Crippen LogP contribution in [-0.4, -0.2) is 35.8 Å². The summed E-state index contributed by atoms with van der Waals surface area (Å²) in [6.45, 7) is 0. The fourth-order valence-electron chi connectivity index (χ4n) is 8.83. The van der Waals surface area contributed by atoms with Crippen LogP contribution in [0.1, 0.15) is 29.9 Å². The Morgan fingerprint density at radius 1 is 0.816 bits per heavy atom. The van der Waals surface area contributed by atoms with Crippen molar-refractivity contribution in [3.8, 4) is 11.5 Å². The minimum Gasteiger partial charge on any atom is -0.508 e. The molecule has 2 heterocycles. The molecule has 0 spiro atoms. The highest BCUT2D eigenvalue weighted by Crippen LogP contribution is 2.65. The van der Waals surface area contributed by atoms with Crippen LogP contribution in [0.3, 0.4) is 0 Å². The van der Waals surface area contributed by atoms with Crippen molar-refractivity contribution < 1.29 is 29.0 Å². The van der Waals surface area contributed by atoms with Crippen LogP contribution in [0.2, 0.25) is 5.02 Å². The number of halogens is 2. The first-order valence-electron chi connectivity index (χ1n) is 16.1. The van der Waals surface area contributed by atoms with Gasteiger partial charge in [-0.2, -0.15) is 0 Å². The molecular formula is C39H30BrClN2O6. The van der Waals surface area contributed by atoms with E-state index in [9.17, 15) is 19.5 Å². The van der Waals surface area contributed by atoms with Gasteiger partial charge in [-0.15, -0.1) is 0 Å². The predicted octanol–water partition coefficient (Wildman–Crippen LogP) is 7.18. The number of benzene rings is 4. The van der Waals surface area contributed by atoms with Crippen LogP contribution >= 0.6 is 27.5 Å². The Bertz CT molecular complexity index is 2080. The molecule has 0 aromatic heterocycles. The van der Waals surface area contributed by atoms with E-state index in [0.717, 1.165) is 10.0 Å². The number of amides is 4. The van der Waals surface area contributed by atoms with E-state index >= 15 is 4.79 Å². The zero-order valence-electron chi connectivity index (χ0n) is 26.3. The van der Waals surface area contributed by atoms with E-state index in [1.54, 1.807) is 60.7 Å². The summed E-state index contributed by atoms with van der Waals surface area (Å²) in [4.78, 5) is 60.9. The number of nitrogens with zero attached hydrogens (tertiary/aromatic N) is 2. The van der Waals surface area contributed by atoms with Crippen LogP contribution in [-0.2, 0) is 24.6 Å². The lowest BCUT2D eigenvalue weighted by atomic mass is 9.49. The molecule has 49 heavy (non-hydrogen) atoms. The number of ether oxygens (including phenoxy) is 1. The zero-order valence-corrected chi connectivity index (χ0v) is 28.6. The lowest BCUT2D eigenvalue weighted by Gasteiger charge is -2.50. The molecule has 1 N–H and O–H groups in total. The largest absolute Gasteiger partial charge is 0.508 e. The molecule has 2 saturated heterocycles. The van der Waals surface area contributed by atoms with Gasteiger partial charge in [0.15, 0.2) is 0 Å². The lowest BCUT2D eigenvalue weighted by Crippen LogP contribution is -2.53. The van der Waals surface area contributed by atoms with E-state index in [0.29, 0.717) is 33.3 Å². The van der Waals surface area contributed by atoms with Gasteiger partial charge >= 0.3 is 0 Å². The second-order valence-electron chi connectivity index (χ2n) is 13.0. The van der Waals surface area contributed by atoms with Crippen LogP contribution in [0.4, 0.5) is 11.4 Å². The third kappa shape index (κ3) is 4.55. The van der Waals surface area contributed by atoms with Crippen molar-refractivity contribution in [1.82, 2.24) is 0 Å². The van der Waals surface area contributed by atoms with Gasteiger partial charge in [0.1, 0.15) is 11.5 Å². The molecule has 3 fully saturated rings. The molecule has 1 saturated carbocycles. The molecule has 0 unspecified atom stereocenters. The Kier molecular flexibility index (Phi) is 7.53. The molecule has 246 valence electrons. The highest BCUT2D eigenvalue weighted by Gasteiger charge is 2.70. The Morgan fingerprint density at radius 2 is 1.57 bits per heavy atom.